The first-order valence-corrected chi connectivity index (χ1v) is 7.80. The van der Waals surface area contributed by atoms with E-state index in [0.29, 0.717) is 11.5 Å². The molecule has 1 fully saturated rings. The summed E-state index contributed by atoms with van der Waals surface area (Å²) in [7, 11) is 1.62. The average molecular weight is 312 g/mol. The molecule has 120 valence electrons. The molecular weight excluding hydrogens is 292 g/mol. The molecule has 1 heterocycles. The number of methoxy groups -OCH3 is 1. The Labute approximate surface area is 135 Å². The van der Waals surface area contributed by atoms with E-state index in [1.54, 1.807) is 19.2 Å². The van der Waals surface area contributed by atoms with Crippen LogP contribution in [0.3, 0.4) is 0 Å². The number of nitrogens with one attached hydrogen (secondary N) is 2. The van der Waals surface area contributed by atoms with Gasteiger partial charge < -0.3 is 15.4 Å². The maximum atomic E-state index is 12.1. The first-order valence-electron chi connectivity index (χ1n) is 7.80. The van der Waals surface area contributed by atoms with Gasteiger partial charge in [-0.25, -0.2) is 0 Å². The minimum Gasteiger partial charge on any atom is -0.497 e. The van der Waals surface area contributed by atoms with E-state index in [4.69, 9.17) is 4.74 Å². The van der Waals surface area contributed by atoms with Crippen LogP contribution in [0.4, 0.5) is 11.5 Å². The number of carbonyl (C=O) groups excluding carboxylic acids is 1. The van der Waals surface area contributed by atoms with Gasteiger partial charge in [0.2, 0.25) is 0 Å². The SMILES string of the molecule is COc1cccc(Nc2ccc(C(=O)NC3CCCC3)nn2)c1. The van der Waals surface area contributed by atoms with Gasteiger partial charge in [-0.3, -0.25) is 4.79 Å². The van der Waals surface area contributed by atoms with Gasteiger partial charge in [0, 0.05) is 17.8 Å². The van der Waals surface area contributed by atoms with E-state index < -0.39 is 0 Å². The molecule has 0 saturated heterocycles. The standard InChI is InChI=1S/C17H20N4O2/c1-23-14-8-4-7-13(11-14)18-16-10-9-15(20-21-16)17(22)19-12-5-2-3-6-12/h4,7-12H,2-3,5-6H2,1H3,(H,18,21)(H,19,22). The largest absolute Gasteiger partial charge is 0.497 e. The fourth-order valence-corrected chi connectivity index (χ4v) is 2.70. The number of benzene rings is 1. The fraction of sp³-hybridized carbons (Fsp3) is 0.353. The predicted octanol–water partition coefficient (Wildman–Crippen LogP) is 2.90. The fourth-order valence-electron chi connectivity index (χ4n) is 2.70. The molecule has 3 rings (SSSR count). The van der Waals surface area contributed by atoms with Crippen LogP contribution < -0.4 is 15.4 Å². The molecule has 0 bridgehead atoms. The molecule has 0 aliphatic heterocycles. The highest BCUT2D eigenvalue weighted by Gasteiger charge is 2.18. The van der Waals surface area contributed by atoms with Crippen molar-refractivity contribution in [2.24, 2.45) is 0 Å². The Balaban J connectivity index is 1.63. The van der Waals surface area contributed by atoms with Crippen LogP contribution in [-0.4, -0.2) is 29.3 Å². The molecule has 6 heteroatoms. The van der Waals surface area contributed by atoms with Crippen molar-refractivity contribution in [3.05, 3.63) is 42.1 Å². The van der Waals surface area contributed by atoms with Crippen LogP contribution in [0.2, 0.25) is 0 Å². The molecule has 0 unspecified atom stereocenters. The zero-order valence-electron chi connectivity index (χ0n) is 13.1. The second kappa shape index (κ2) is 7.09. The van der Waals surface area contributed by atoms with Gasteiger partial charge in [0.15, 0.2) is 11.5 Å². The zero-order chi connectivity index (χ0) is 16.1. The Morgan fingerprint density at radius 3 is 2.70 bits per heavy atom. The minimum absolute atomic E-state index is 0.155. The first kappa shape index (κ1) is 15.3. The molecule has 1 aliphatic carbocycles. The number of carbonyl (C=O) groups is 1. The summed E-state index contributed by atoms with van der Waals surface area (Å²) in [4.78, 5) is 12.1. The van der Waals surface area contributed by atoms with E-state index in [0.717, 1.165) is 24.3 Å². The molecule has 1 saturated carbocycles. The highest BCUT2D eigenvalue weighted by molar-refractivity contribution is 5.92. The number of hydrogen-bond acceptors (Lipinski definition) is 5. The summed E-state index contributed by atoms with van der Waals surface area (Å²) in [5.74, 6) is 1.18. The molecular formula is C17H20N4O2. The molecule has 2 aromatic rings. The van der Waals surface area contributed by atoms with Crippen LogP contribution >= 0.6 is 0 Å². The summed E-state index contributed by atoms with van der Waals surface area (Å²) in [6, 6.07) is 11.2. The van der Waals surface area contributed by atoms with Crippen molar-refractivity contribution in [1.29, 1.82) is 0 Å². The highest BCUT2D eigenvalue weighted by Crippen LogP contribution is 2.20. The van der Waals surface area contributed by atoms with Gasteiger partial charge in [0.25, 0.3) is 5.91 Å². The van der Waals surface area contributed by atoms with Gasteiger partial charge in [-0.2, -0.15) is 0 Å². The lowest BCUT2D eigenvalue weighted by molar-refractivity contribution is 0.0932. The van der Waals surface area contributed by atoms with Crippen LogP contribution in [0.5, 0.6) is 5.75 Å². The van der Waals surface area contributed by atoms with Crippen LogP contribution in [0.15, 0.2) is 36.4 Å². The van der Waals surface area contributed by atoms with Gasteiger partial charge in [-0.1, -0.05) is 18.9 Å². The Bertz CT molecular complexity index is 667. The molecule has 1 amide bonds. The predicted molar refractivity (Wildman–Crippen MR) is 88.0 cm³/mol. The molecule has 0 radical (unpaired) electrons. The number of amides is 1. The second-order valence-corrected chi connectivity index (χ2v) is 5.62. The third-order valence-electron chi connectivity index (χ3n) is 3.93. The summed E-state index contributed by atoms with van der Waals surface area (Å²) in [6.07, 6.45) is 4.46. The normalized spacial score (nSPS) is 14.5. The van der Waals surface area contributed by atoms with Crippen LogP contribution in [0.1, 0.15) is 36.2 Å². The van der Waals surface area contributed by atoms with Gasteiger partial charge in [0.1, 0.15) is 5.75 Å². The lowest BCUT2D eigenvalue weighted by atomic mass is 10.2. The van der Waals surface area contributed by atoms with Crippen molar-refractivity contribution in [2.45, 2.75) is 31.7 Å². The van der Waals surface area contributed by atoms with Crippen molar-refractivity contribution < 1.29 is 9.53 Å². The summed E-state index contributed by atoms with van der Waals surface area (Å²) >= 11 is 0. The minimum atomic E-state index is -0.155. The lowest BCUT2D eigenvalue weighted by Gasteiger charge is -2.11. The monoisotopic (exact) mass is 312 g/mol. The third-order valence-corrected chi connectivity index (χ3v) is 3.93. The molecule has 1 aromatic carbocycles. The summed E-state index contributed by atoms with van der Waals surface area (Å²) < 4.78 is 5.18. The van der Waals surface area contributed by atoms with Crippen molar-refractivity contribution in [3.63, 3.8) is 0 Å². The first-order chi connectivity index (χ1) is 11.2. The van der Waals surface area contributed by atoms with Gasteiger partial charge in [-0.05, 0) is 37.1 Å². The van der Waals surface area contributed by atoms with Crippen LogP contribution in [0.25, 0.3) is 0 Å². The highest BCUT2D eigenvalue weighted by atomic mass is 16.5. The number of ether oxygens (including phenoxy) is 1. The van der Waals surface area contributed by atoms with E-state index >= 15 is 0 Å². The number of hydrogen-bond donors (Lipinski definition) is 2. The van der Waals surface area contributed by atoms with Crippen LogP contribution in [0, 0.1) is 0 Å². The van der Waals surface area contributed by atoms with Crippen molar-refractivity contribution in [3.8, 4) is 5.75 Å². The number of aromatic nitrogens is 2. The second-order valence-electron chi connectivity index (χ2n) is 5.62. The van der Waals surface area contributed by atoms with Crippen molar-refractivity contribution >= 4 is 17.4 Å². The summed E-state index contributed by atoms with van der Waals surface area (Å²) in [6.45, 7) is 0. The molecule has 1 aromatic heterocycles. The molecule has 23 heavy (non-hydrogen) atoms. The van der Waals surface area contributed by atoms with Gasteiger partial charge in [0.05, 0.1) is 7.11 Å². The van der Waals surface area contributed by atoms with Crippen molar-refractivity contribution in [2.75, 3.05) is 12.4 Å². The maximum Gasteiger partial charge on any atom is 0.272 e. The Hall–Kier alpha value is -2.63. The van der Waals surface area contributed by atoms with Gasteiger partial charge in [-0.15, -0.1) is 10.2 Å². The van der Waals surface area contributed by atoms with Gasteiger partial charge >= 0.3 is 0 Å². The molecule has 0 atom stereocenters. The smallest absolute Gasteiger partial charge is 0.272 e. The van der Waals surface area contributed by atoms with E-state index in [2.05, 4.69) is 20.8 Å². The van der Waals surface area contributed by atoms with E-state index in [-0.39, 0.29) is 11.9 Å². The Morgan fingerprint density at radius 1 is 1.17 bits per heavy atom. The Kier molecular flexibility index (Phi) is 4.71. The zero-order valence-corrected chi connectivity index (χ0v) is 13.1. The van der Waals surface area contributed by atoms with Crippen molar-refractivity contribution in [1.82, 2.24) is 15.5 Å². The Morgan fingerprint density at radius 2 is 2.00 bits per heavy atom. The molecule has 1 aliphatic rings. The number of nitrogens with zero attached hydrogens (tertiary/aromatic N) is 2. The quantitative estimate of drug-likeness (QED) is 0.888. The van der Waals surface area contributed by atoms with E-state index in [9.17, 15) is 4.79 Å². The molecule has 6 nitrogen and oxygen atoms in total. The van der Waals surface area contributed by atoms with E-state index in [1.807, 2.05) is 24.3 Å². The topological polar surface area (TPSA) is 76.1 Å². The summed E-state index contributed by atoms with van der Waals surface area (Å²) in [5, 5.41) is 14.2. The average Bonchev–Trinajstić information content (AvgIpc) is 3.08. The molecule has 0 spiro atoms. The molecule has 2 N–H and O–H groups in total. The summed E-state index contributed by atoms with van der Waals surface area (Å²) in [5.41, 5.74) is 1.19. The number of anilines is 2. The lowest BCUT2D eigenvalue weighted by Crippen LogP contribution is -2.33. The van der Waals surface area contributed by atoms with Crippen LogP contribution in [-0.2, 0) is 0 Å². The number of rotatable bonds is 5. The third kappa shape index (κ3) is 3.97. The maximum absolute atomic E-state index is 12.1. The van der Waals surface area contributed by atoms with E-state index in [1.165, 1.54) is 12.8 Å².